The number of halogens is 1. The first-order valence-corrected chi connectivity index (χ1v) is 9.94. The molecule has 0 aliphatic heterocycles. The third-order valence-electron chi connectivity index (χ3n) is 4.03. The van der Waals surface area contributed by atoms with Gasteiger partial charge < -0.3 is 9.64 Å². The summed E-state index contributed by atoms with van der Waals surface area (Å²) in [7, 11) is -2.38. The molecule has 2 rings (SSSR count). The van der Waals surface area contributed by atoms with E-state index in [1.165, 1.54) is 55.3 Å². The van der Waals surface area contributed by atoms with Gasteiger partial charge in [0.2, 0.25) is 15.9 Å². The van der Waals surface area contributed by atoms with Crippen molar-refractivity contribution >= 4 is 15.9 Å². The Balaban J connectivity index is 2.09. The zero-order chi connectivity index (χ0) is 20.0. The van der Waals surface area contributed by atoms with Gasteiger partial charge in [-0.2, -0.15) is 4.72 Å². The van der Waals surface area contributed by atoms with Gasteiger partial charge in [0.1, 0.15) is 11.6 Å². The van der Waals surface area contributed by atoms with Gasteiger partial charge in [-0.1, -0.05) is 12.1 Å². The van der Waals surface area contributed by atoms with E-state index >= 15 is 0 Å². The number of amides is 1. The van der Waals surface area contributed by atoms with Gasteiger partial charge in [0.25, 0.3) is 0 Å². The SMILES string of the molecule is CCN(Cc1cccc(F)c1)C(=O)[C@H](C)NS(=O)(=O)c1ccc(OC)cc1. The highest BCUT2D eigenvalue weighted by Gasteiger charge is 2.25. The number of hydrogen-bond donors (Lipinski definition) is 1. The number of rotatable bonds is 8. The average molecular weight is 394 g/mol. The second-order valence-electron chi connectivity index (χ2n) is 6.00. The maximum atomic E-state index is 13.3. The van der Waals surface area contributed by atoms with Crippen LogP contribution in [0.5, 0.6) is 5.75 Å². The van der Waals surface area contributed by atoms with Crippen molar-refractivity contribution < 1.29 is 22.3 Å². The van der Waals surface area contributed by atoms with Crippen molar-refractivity contribution in [3.63, 3.8) is 0 Å². The van der Waals surface area contributed by atoms with Crippen molar-refractivity contribution in [2.24, 2.45) is 0 Å². The minimum absolute atomic E-state index is 0.0381. The van der Waals surface area contributed by atoms with Crippen LogP contribution in [0.4, 0.5) is 4.39 Å². The van der Waals surface area contributed by atoms with Crippen LogP contribution in [0.25, 0.3) is 0 Å². The largest absolute Gasteiger partial charge is 0.497 e. The monoisotopic (exact) mass is 394 g/mol. The molecule has 0 fully saturated rings. The maximum absolute atomic E-state index is 13.3. The first kappa shape index (κ1) is 20.9. The number of methoxy groups -OCH3 is 1. The van der Waals surface area contributed by atoms with Gasteiger partial charge in [0, 0.05) is 13.1 Å². The lowest BCUT2D eigenvalue weighted by molar-refractivity contribution is -0.133. The highest BCUT2D eigenvalue weighted by Crippen LogP contribution is 2.16. The average Bonchev–Trinajstić information content (AvgIpc) is 2.65. The summed E-state index contributed by atoms with van der Waals surface area (Å²) in [5.74, 6) is -0.242. The van der Waals surface area contributed by atoms with Crippen LogP contribution in [0.1, 0.15) is 19.4 Å². The molecule has 0 aliphatic carbocycles. The topological polar surface area (TPSA) is 75.7 Å². The van der Waals surface area contributed by atoms with Crippen molar-refractivity contribution in [2.75, 3.05) is 13.7 Å². The summed E-state index contributed by atoms with van der Waals surface area (Å²) in [6.45, 7) is 3.82. The molecule has 0 aromatic heterocycles. The van der Waals surface area contributed by atoms with E-state index in [4.69, 9.17) is 4.74 Å². The first-order valence-electron chi connectivity index (χ1n) is 8.46. The number of likely N-dealkylation sites (N-methyl/N-ethyl adjacent to an activating group) is 1. The minimum Gasteiger partial charge on any atom is -0.497 e. The van der Waals surface area contributed by atoms with E-state index in [1.54, 1.807) is 19.1 Å². The second kappa shape index (κ2) is 8.96. The molecule has 1 amide bonds. The van der Waals surface area contributed by atoms with E-state index in [9.17, 15) is 17.6 Å². The second-order valence-corrected chi connectivity index (χ2v) is 7.71. The van der Waals surface area contributed by atoms with Crippen molar-refractivity contribution in [3.8, 4) is 5.75 Å². The van der Waals surface area contributed by atoms with Crippen LogP contribution in [-0.4, -0.2) is 38.9 Å². The standard InChI is InChI=1S/C19H23FN2O4S/c1-4-22(13-15-6-5-7-16(20)12-15)19(23)14(2)21-27(24,25)18-10-8-17(26-3)9-11-18/h5-12,14,21H,4,13H2,1-3H3/t14-/m0/s1. The Morgan fingerprint density at radius 3 is 2.44 bits per heavy atom. The third kappa shape index (κ3) is 5.51. The molecule has 2 aromatic carbocycles. The number of carbonyl (C=O) groups excluding carboxylic acids is 1. The molecule has 8 heteroatoms. The highest BCUT2D eigenvalue weighted by atomic mass is 32.2. The van der Waals surface area contributed by atoms with E-state index in [2.05, 4.69) is 4.72 Å². The van der Waals surface area contributed by atoms with Gasteiger partial charge in [-0.15, -0.1) is 0 Å². The molecule has 6 nitrogen and oxygen atoms in total. The zero-order valence-corrected chi connectivity index (χ0v) is 16.3. The molecule has 1 atom stereocenters. The van der Waals surface area contributed by atoms with Crippen molar-refractivity contribution in [1.29, 1.82) is 0 Å². The van der Waals surface area contributed by atoms with E-state index in [0.717, 1.165) is 0 Å². The number of carbonyl (C=O) groups is 1. The Hall–Kier alpha value is -2.45. The van der Waals surface area contributed by atoms with E-state index in [-0.39, 0.29) is 23.2 Å². The number of benzene rings is 2. The lowest BCUT2D eigenvalue weighted by atomic mass is 10.2. The molecule has 27 heavy (non-hydrogen) atoms. The van der Waals surface area contributed by atoms with Crippen molar-refractivity contribution in [2.45, 2.75) is 31.3 Å². The van der Waals surface area contributed by atoms with E-state index < -0.39 is 16.1 Å². The fourth-order valence-corrected chi connectivity index (χ4v) is 3.78. The highest BCUT2D eigenvalue weighted by molar-refractivity contribution is 7.89. The fourth-order valence-electron chi connectivity index (χ4n) is 2.58. The summed E-state index contributed by atoms with van der Waals surface area (Å²) in [5.41, 5.74) is 0.635. The minimum atomic E-state index is -3.86. The van der Waals surface area contributed by atoms with Crippen LogP contribution in [0.15, 0.2) is 53.4 Å². The van der Waals surface area contributed by atoms with Gasteiger partial charge in [-0.25, -0.2) is 12.8 Å². The summed E-state index contributed by atoms with van der Waals surface area (Å²) >= 11 is 0. The normalized spacial score (nSPS) is 12.4. The molecule has 0 radical (unpaired) electrons. The van der Waals surface area contributed by atoms with Gasteiger partial charge in [-0.3, -0.25) is 4.79 Å². The summed E-state index contributed by atoms with van der Waals surface area (Å²) < 4.78 is 45.7. The summed E-state index contributed by atoms with van der Waals surface area (Å²) in [6, 6.07) is 10.9. The Bertz CT molecular complexity index is 885. The molecule has 1 N–H and O–H groups in total. The van der Waals surface area contributed by atoms with Crippen LogP contribution >= 0.6 is 0 Å². The number of nitrogens with one attached hydrogen (secondary N) is 1. The fraction of sp³-hybridized carbons (Fsp3) is 0.316. The van der Waals surface area contributed by atoms with E-state index in [0.29, 0.717) is 17.9 Å². The van der Waals surface area contributed by atoms with Crippen molar-refractivity contribution in [1.82, 2.24) is 9.62 Å². The molecule has 0 saturated heterocycles. The Morgan fingerprint density at radius 2 is 1.89 bits per heavy atom. The molecule has 0 saturated carbocycles. The lowest BCUT2D eigenvalue weighted by Gasteiger charge is -2.25. The predicted octanol–water partition coefficient (Wildman–Crippen LogP) is 2.55. The molecule has 0 spiro atoms. The molecular weight excluding hydrogens is 371 g/mol. The number of hydrogen-bond acceptors (Lipinski definition) is 4. The zero-order valence-electron chi connectivity index (χ0n) is 15.5. The summed E-state index contributed by atoms with van der Waals surface area (Å²) in [4.78, 5) is 14.2. The first-order chi connectivity index (χ1) is 12.8. The molecule has 2 aromatic rings. The third-order valence-corrected chi connectivity index (χ3v) is 5.58. The summed E-state index contributed by atoms with van der Waals surface area (Å²) in [6.07, 6.45) is 0. The molecular formula is C19H23FN2O4S. The predicted molar refractivity (Wildman–Crippen MR) is 100 cm³/mol. The Kier molecular flexibility index (Phi) is 6.92. The molecule has 0 unspecified atom stereocenters. The van der Waals surface area contributed by atoms with Gasteiger partial charge >= 0.3 is 0 Å². The van der Waals surface area contributed by atoms with E-state index in [1.807, 2.05) is 0 Å². The van der Waals surface area contributed by atoms with Crippen molar-refractivity contribution in [3.05, 3.63) is 59.9 Å². The molecule has 0 heterocycles. The Morgan fingerprint density at radius 1 is 1.22 bits per heavy atom. The van der Waals surface area contributed by atoms with Crippen LogP contribution in [0.3, 0.4) is 0 Å². The summed E-state index contributed by atoms with van der Waals surface area (Å²) in [5, 5.41) is 0. The lowest BCUT2D eigenvalue weighted by Crippen LogP contribution is -2.46. The van der Waals surface area contributed by atoms with Gasteiger partial charge in [0.15, 0.2) is 0 Å². The van der Waals surface area contributed by atoms with Gasteiger partial charge in [0.05, 0.1) is 18.0 Å². The maximum Gasteiger partial charge on any atom is 0.241 e. The molecule has 0 bridgehead atoms. The van der Waals surface area contributed by atoms with Crippen LogP contribution < -0.4 is 9.46 Å². The molecule has 0 aliphatic rings. The smallest absolute Gasteiger partial charge is 0.241 e. The number of sulfonamides is 1. The van der Waals surface area contributed by atoms with Crippen LogP contribution in [0.2, 0.25) is 0 Å². The number of nitrogens with zero attached hydrogens (tertiary/aromatic N) is 1. The van der Waals surface area contributed by atoms with Crippen LogP contribution in [0, 0.1) is 5.82 Å². The quantitative estimate of drug-likeness (QED) is 0.747. The number of ether oxygens (including phenoxy) is 1. The Labute approximate surface area is 159 Å². The molecule has 146 valence electrons. The van der Waals surface area contributed by atoms with Gasteiger partial charge in [-0.05, 0) is 55.8 Å². The van der Waals surface area contributed by atoms with Crippen LogP contribution in [-0.2, 0) is 21.4 Å².